The predicted molar refractivity (Wildman–Crippen MR) is 76.2 cm³/mol. The van der Waals surface area contributed by atoms with Gasteiger partial charge in [0.25, 0.3) is 0 Å². The lowest BCUT2D eigenvalue weighted by atomic mass is 9.89. The number of hydrogen-bond donors (Lipinski definition) is 1. The van der Waals surface area contributed by atoms with Gasteiger partial charge in [0.05, 0.1) is 5.60 Å². The lowest BCUT2D eigenvalue weighted by molar-refractivity contribution is -0.0644. The summed E-state index contributed by atoms with van der Waals surface area (Å²) in [6.07, 6.45) is 6.19. The molecule has 0 aromatic carbocycles. The minimum Gasteiger partial charge on any atom is -0.375 e. The van der Waals surface area contributed by atoms with Gasteiger partial charge in [-0.05, 0) is 63.0 Å². The van der Waals surface area contributed by atoms with Gasteiger partial charge in [0, 0.05) is 23.6 Å². The third kappa shape index (κ3) is 2.63. The summed E-state index contributed by atoms with van der Waals surface area (Å²) in [5.74, 6) is 0. The second-order valence-corrected chi connectivity index (χ2v) is 7.21. The van der Waals surface area contributed by atoms with Crippen LogP contribution in [-0.4, -0.2) is 18.2 Å². The van der Waals surface area contributed by atoms with Crippen molar-refractivity contribution in [2.75, 3.05) is 6.61 Å². The van der Waals surface area contributed by atoms with Crippen LogP contribution in [0.1, 0.15) is 56.0 Å². The molecule has 0 amide bonds. The van der Waals surface area contributed by atoms with Crippen LogP contribution in [0.3, 0.4) is 0 Å². The van der Waals surface area contributed by atoms with E-state index in [-0.39, 0.29) is 5.60 Å². The number of rotatable bonds is 2. The Kier molecular flexibility index (Phi) is 3.48. The Bertz CT molecular complexity index is 412. The highest BCUT2D eigenvalue weighted by Crippen LogP contribution is 2.35. The van der Waals surface area contributed by atoms with Gasteiger partial charge < -0.3 is 10.1 Å². The van der Waals surface area contributed by atoms with E-state index in [2.05, 4.69) is 30.6 Å². The molecular weight excluding hydrogens is 242 g/mol. The third-order valence-electron chi connectivity index (χ3n) is 4.19. The SMILES string of the molecule is CC1(C)CC(NC2CCCc3sccc32)CCO1. The molecule has 0 spiro atoms. The molecule has 1 aromatic heterocycles. The van der Waals surface area contributed by atoms with Crippen molar-refractivity contribution < 1.29 is 4.74 Å². The summed E-state index contributed by atoms with van der Waals surface area (Å²) in [4.78, 5) is 1.60. The molecule has 100 valence electrons. The molecule has 1 fully saturated rings. The lowest BCUT2D eigenvalue weighted by Crippen LogP contribution is -2.45. The highest BCUT2D eigenvalue weighted by Gasteiger charge is 2.31. The number of thiophene rings is 1. The molecule has 3 heteroatoms. The molecule has 2 nitrogen and oxygen atoms in total. The van der Waals surface area contributed by atoms with Crippen molar-refractivity contribution in [3.8, 4) is 0 Å². The fourth-order valence-corrected chi connectivity index (χ4v) is 4.31. The van der Waals surface area contributed by atoms with Gasteiger partial charge >= 0.3 is 0 Å². The van der Waals surface area contributed by atoms with Crippen molar-refractivity contribution in [2.24, 2.45) is 0 Å². The van der Waals surface area contributed by atoms with Crippen LogP contribution in [0.5, 0.6) is 0 Å². The van der Waals surface area contributed by atoms with Crippen LogP contribution in [0.4, 0.5) is 0 Å². The molecule has 1 aromatic rings. The number of hydrogen-bond acceptors (Lipinski definition) is 3. The normalized spacial score (nSPS) is 31.0. The molecule has 1 N–H and O–H groups in total. The van der Waals surface area contributed by atoms with Gasteiger partial charge in [-0.1, -0.05) is 0 Å². The highest BCUT2D eigenvalue weighted by atomic mass is 32.1. The Hall–Kier alpha value is -0.380. The van der Waals surface area contributed by atoms with Gasteiger partial charge in [-0.3, -0.25) is 0 Å². The van der Waals surface area contributed by atoms with E-state index in [1.54, 1.807) is 10.4 Å². The fourth-order valence-electron chi connectivity index (χ4n) is 3.32. The second-order valence-electron chi connectivity index (χ2n) is 6.21. The van der Waals surface area contributed by atoms with E-state index in [9.17, 15) is 0 Å². The zero-order valence-corrected chi connectivity index (χ0v) is 12.2. The summed E-state index contributed by atoms with van der Waals surface area (Å²) < 4.78 is 5.80. The van der Waals surface area contributed by atoms with Crippen molar-refractivity contribution in [1.29, 1.82) is 0 Å². The summed E-state index contributed by atoms with van der Waals surface area (Å²) in [6, 6.07) is 3.52. The number of aryl methyl sites for hydroxylation is 1. The Balaban J connectivity index is 1.67. The van der Waals surface area contributed by atoms with Crippen LogP contribution in [0, 0.1) is 0 Å². The van der Waals surface area contributed by atoms with E-state index >= 15 is 0 Å². The molecule has 0 radical (unpaired) electrons. The highest BCUT2D eigenvalue weighted by molar-refractivity contribution is 7.10. The summed E-state index contributed by atoms with van der Waals surface area (Å²) in [7, 11) is 0. The first-order valence-corrected chi connectivity index (χ1v) is 7.98. The van der Waals surface area contributed by atoms with Crippen molar-refractivity contribution >= 4 is 11.3 Å². The smallest absolute Gasteiger partial charge is 0.0641 e. The van der Waals surface area contributed by atoms with Crippen LogP contribution in [0.25, 0.3) is 0 Å². The van der Waals surface area contributed by atoms with Crippen molar-refractivity contribution in [1.82, 2.24) is 5.32 Å². The Morgan fingerprint density at radius 1 is 1.39 bits per heavy atom. The number of ether oxygens (including phenoxy) is 1. The second kappa shape index (κ2) is 4.95. The quantitative estimate of drug-likeness (QED) is 0.881. The molecule has 2 unspecified atom stereocenters. The van der Waals surface area contributed by atoms with E-state index in [0.29, 0.717) is 12.1 Å². The van der Waals surface area contributed by atoms with E-state index in [4.69, 9.17) is 4.74 Å². The zero-order valence-electron chi connectivity index (χ0n) is 11.4. The fraction of sp³-hybridized carbons (Fsp3) is 0.733. The maximum Gasteiger partial charge on any atom is 0.0641 e. The lowest BCUT2D eigenvalue weighted by Gasteiger charge is -2.38. The average Bonchev–Trinajstić information content (AvgIpc) is 2.77. The van der Waals surface area contributed by atoms with E-state index in [1.807, 2.05) is 11.3 Å². The van der Waals surface area contributed by atoms with Crippen LogP contribution >= 0.6 is 11.3 Å². The first-order valence-electron chi connectivity index (χ1n) is 7.10. The van der Waals surface area contributed by atoms with E-state index in [1.165, 1.54) is 19.3 Å². The summed E-state index contributed by atoms with van der Waals surface area (Å²) in [6.45, 7) is 5.31. The maximum atomic E-state index is 5.80. The Morgan fingerprint density at radius 3 is 3.11 bits per heavy atom. The molecule has 3 rings (SSSR count). The minimum atomic E-state index is 0.0437. The molecule has 1 saturated heterocycles. The van der Waals surface area contributed by atoms with Crippen LogP contribution in [0.2, 0.25) is 0 Å². The minimum absolute atomic E-state index is 0.0437. The summed E-state index contributed by atoms with van der Waals surface area (Å²) in [5, 5.41) is 6.13. The van der Waals surface area contributed by atoms with Gasteiger partial charge in [0.2, 0.25) is 0 Å². The third-order valence-corrected chi connectivity index (χ3v) is 5.18. The molecule has 18 heavy (non-hydrogen) atoms. The Morgan fingerprint density at radius 2 is 2.28 bits per heavy atom. The summed E-state index contributed by atoms with van der Waals surface area (Å²) >= 11 is 1.93. The van der Waals surface area contributed by atoms with Crippen LogP contribution in [-0.2, 0) is 11.2 Å². The van der Waals surface area contributed by atoms with Crippen LogP contribution in [0.15, 0.2) is 11.4 Å². The van der Waals surface area contributed by atoms with Gasteiger partial charge in [-0.2, -0.15) is 0 Å². The molecule has 0 bridgehead atoms. The largest absolute Gasteiger partial charge is 0.375 e. The van der Waals surface area contributed by atoms with Crippen molar-refractivity contribution in [2.45, 2.75) is 63.6 Å². The zero-order chi connectivity index (χ0) is 12.6. The molecule has 2 atom stereocenters. The first-order chi connectivity index (χ1) is 8.64. The van der Waals surface area contributed by atoms with Crippen molar-refractivity contribution in [3.05, 3.63) is 21.9 Å². The summed E-state index contributed by atoms with van der Waals surface area (Å²) in [5.41, 5.74) is 1.61. The molecular formula is C15H23NOS. The molecule has 0 saturated carbocycles. The van der Waals surface area contributed by atoms with E-state index in [0.717, 1.165) is 19.4 Å². The number of nitrogens with one attached hydrogen (secondary N) is 1. The van der Waals surface area contributed by atoms with E-state index < -0.39 is 0 Å². The first kappa shape index (κ1) is 12.6. The average molecular weight is 265 g/mol. The standard InChI is InChI=1S/C15H23NOS/c1-15(2)10-11(6-8-17-15)16-13-4-3-5-14-12(13)7-9-18-14/h7,9,11,13,16H,3-6,8,10H2,1-2H3. The van der Waals surface area contributed by atoms with Gasteiger partial charge in [-0.25, -0.2) is 0 Å². The number of fused-ring (bicyclic) bond motifs is 1. The van der Waals surface area contributed by atoms with Crippen LogP contribution < -0.4 is 5.32 Å². The molecule has 1 aliphatic carbocycles. The Labute approximate surface area is 114 Å². The predicted octanol–water partition coefficient (Wildman–Crippen LogP) is 3.67. The molecule has 1 aliphatic heterocycles. The van der Waals surface area contributed by atoms with Gasteiger partial charge in [-0.15, -0.1) is 11.3 Å². The monoisotopic (exact) mass is 265 g/mol. The van der Waals surface area contributed by atoms with Gasteiger partial charge in [0.1, 0.15) is 0 Å². The molecule has 2 aliphatic rings. The maximum absolute atomic E-state index is 5.80. The van der Waals surface area contributed by atoms with Gasteiger partial charge in [0.15, 0.2) is 0 Å². The topological polar surface area (TPSA) is 21.3 Å². The molecule has 2 heterocycles. The van der Waals surface area contributed by atoms with Crippen molar-refractivity contribution in [3.63, 3.8) is 0 Å².